The first-order valence-corrected chi connectivity index (χ1v) is 7.43. The summed E-state index contributed by atoms with van der Waals surface area (Å²) in [6.45, 7) is 0. The number of rotatable bonds is 4. The molecule has 132 valence electrons. The quantitative estimate of drug-likeness (QED) is 0.429. The van der Waals surface area contributed by atoms with E-state index in [-0.39, 0.29) is 11.5 Å². The molecule has 26 heavy (non-hydrogen) atoms. The molecular formula is C18H12F3N3O2. The van der Waals surface area contributed by atoms with Gasteiger partial charge >= 0.3 is 6.36 Å². The van der Waals surface area contributed by atoms with Gasteiger partial charge in [-0.2, -0.15) is 0 Å². The number of oxime groups is 1. The van der Waals surface area contributed by atoms with Gasteiger partial charge in [-0.05, 0) is 48.5 Å². The van der Waals surface area contributed by atoms with Gasteiger partial charge in [-0.25, -0.2) is 4.98 Å². The lowest BCUT2D eigenvalue weighted by Crippen LogP contribution is -2.17. The van der Waals surface area contributed by atoms with Crippen LogP contribution in [0.4, 0.5) is 13.2 Å². The van der Waals surface area contributed by atoms with Crippen LogP contribution < -0.4 is 4.74 Å². The van der Waals surface area contributed by atoms with Crippen LogP contribution in [0.2, 0.25) is 0 Å². The number of pyridine rings is 2. The van der Waals surface area contributed by atoms with Crippen LogP contribution in [0, 0.1) is 0 Å². The Morgan fingerprint density at radius 3 is 2.27 bits per heavy atom. The van der Waals surface area contributed by atoms with Gasteiger partial charge in [0.25, 0.3) is 0 Å². The topological polar surface area (TPSA) is 67.6 Å². The number of hydrogen-bond donors (Lipinski definition) is 1. The van der Waals surface area contributed by atoms with E-state index in [4.69, 9.17) is 0 Å². The molecule has 5 nitrogen and oxygen atoms in total. The second kappa shape index (κ2) is 7.22. The number of alkyl halides is 3. The molecule has 0 aliphatic rings. The van der Waals surface area contributed by atoms with Crippen molar-refractivity contribution in [2.75, 3.05) is 0 Å². The first kappa shape index (κ1) is 17.4. The molecule has 3 rings (SSSR count). The van der Waals surface area contributed by atoms with E-state index in [1.165, 1.54) is 12.1 Å². The third-order valence-electron chi connectivity index (χ3n) is 3.38. The first-order chi connectivity index (χ1) is 12.5. The smallest absolute Gasteiger partial charge is 0.410 e. The normalized spacial score (nSPS) is 12.0. The second-order valence-electron chi connectivity index (χ2n) is 5.14. The van der Waals surface area contributed by atoms with E-state index in [9.17, 15) is 18.4 Å². The zero-order valence-corrected chi connectivity index (χ0v) is 13.2. The maximum absolute atomic E-state index is 12.2. The van der Waals surface area contributed by atoms with E-state index in [2.05, 4.69) is 19.9 Å². The number of hydrogen-bond acceptors (Lipinski definition) is 5. The predicted molar refractivity (Wildman–Crippen MR) is 88.0 cm³/mol. The van der Waals surface area contributed by atoms with E-state index >= 15 is 0 Å². The van der Waals surface area contributed by atoms with Crippen molar-refractivity contribution in [2.45, 2.75) is 6.36 Å². The number of benzene rings is 1. The monoisotopic (exact) mass is 359 g/mol. The van der Waals surface area contributed by atoms with Crippen molar-refractivity contribution in [1.29, 1.82) is 0 Å². The lowest BCUT2D eigenvalue weighted by atomic mass is 10.1. The van der Waals surface area contributed by atoms with E-state index < -0.39 is 6.36 Å². The molecule has 0 unspecified atom stereocenters. The standard InChI is InChI=1S/C18H12F3N3O2/c19-18(20,21)26-13-9-7-12(8-10-13)17(24-25)16-6-3-5-15(23-16)14-4-1-2-11-22-14/h1-11,25H. The summed E-state index contributed by atoms with van der Waals surface area (Å²) in [6.07, 6.45) is -3.14. The molecule has 0 radical (unpaired) electrons. The van der Waals surface area contributed by atoms with Crippen LogP contribution in [-0.2, 0) is 0 Å². The highest BCUT2D eigenvalue weighted by Crippen LogP contribution is 2.24. The summed E-state index contributed by atoms with van der Waals surface area (Å²) in [5.41, 5.74) is 2.05. The Morgan fingerprint density at radius 2 is 1.65 bits per heavy atom. The van der Waals surface area contributed by atoms with Crippen LogP contribution in [0.15, 0.2) is 72.0 Å². The Morgan fingerprint density at radius 1 is 0.923 bits per heavy atom. The van der Waals surface area contributed by atoms with E-state index in [1.807, 2.05) is 6.07 Å². The third-order valence-corrected chi connectivity index (χ3v) is 3.38. The van der Waals surface area contributed by atoms with Gasteiger partial charge in [0.2, 0.25) is 0 Å². The molecular weight excluding hydrogens is 347 g/mol. The van der Waals surface area contributed by atoms with Crippen molar-refractivity contribution >= 4 is 5.71 Å². The van der Waals surface area contributed by atoms with Crippen molar-refractivity contribution in [2.24, 2.45) is 5.16 Å². The summed E-state index contributed by atoms with van der Waals surface area (Å²) >= 11 is 0. The summed E-state index contributed by atoms with van der Waals surface area (Å²) in [4.78, 5) is 8.61. The summed E-state index contributed by atoms with van der Waals surface area (Å²) in [6, 6.07) is 15.5. The van der Waals surface area contributed by atoms with Crippen molar-refractivity contribution in [3.05, 3.63) is 78.1 Å². The maximum atomic E-state index is 12.2. The number of halogens is 3. The lowest BCUT2D eigenvalue weighted by molar-refractivity contribution is -0.274. The molecule has 0 fully saturated rings. The van der Waals surface area contributed by atoms with Gasteiger partial charge in [-0.1, -0.05) is 17.3 Å². The third kappa shape index (κ3) is 4.15. The van der Waals surface area contributed by atoms with Gasteiger partial charge in [-0.15, -0.1) is 13.2 Å². The number of aromatic nitrogens is 2. The molecule has 0 aliphatic carbocycles. The van der Waals surface area contributed by atoms with E-state index in [1.54, 1.807) is 36.5 Å². The number of ether oxygens (including phenoxy) is 1. The Bertz CT molecular complexity index is 911. The van der Waals surface area contributed by atoms with Crippen LogP contribution in [0.1, 0.15) is 11.3 Å². The van der Waals surface area contributed by atoms with E-state index in [0.717, 1.165) is 12.1 Å². The zero-order chi connectivity index (χ0) is 18.6. The molecule has 0 aliphatic heterocycles. The van der Waals surface area contributed by atoms with Gasteiger partial charge in [-0.3, -0.25) is 4.98 Å². The highest BCUT2D eigenvalue weighted by molar-refractivity contribution is 6.11. The molecule has 2 heterocycles. The fraction of sp³-hybridized carbons (Fsp3) is 0.0556. The van der Waals surface area contributed by atoms with Gasteiger partial charge < -0.3 is 9.94 Å². The van der Waals surface area contributed by atoms with Crippen molar-refractivity contribution in [3.8, 4) is 17.1 Å². The minimum Gasteiger partial charge on any atom is -0.410 e. The summed E-state index contributed by atoms with van der Waals surface area (Å²) in [7, 11) is 0. The molecule has 0 bridgehead atoms. The van der Waals surface area contributed by atoms with Crippen LogP contribution in [-0.4, -0.2) is 27.2 Å². The fourth-order valence-corrected chi connectivity index (χ4v) is 2.29. The fourth-order valence-electron chi connectivity index (χ4n) is 2.29. The van der Waals surface area contributed by atoms with Crippen LogP contribution in [0.5, 0.6) is 5.75 Å². The summed E-state index contributed by atoms with van der Waals surface area (Å²) in [5, 5.41) is 12.6. The summed E-state index contributed by atoms with van der Waals surface area (Å²) in [5.74, 6) is -0.367. The largest absolute Gasteiger partial charge is 0.573 e. The highest BCUT2D eigenvalue weighted by atomic mass is 19.4. The minimum absolute atomic E-state index is 0.112. The highest BCUT2D eigenvalue weighted by Gasteiger charge is 2.31. The van der Waals surface area contributed by atoms with Gasteiger partial charge in [0, 0.05) is 11.8 Å². The predicted octanol–water partition coefficient (Wildman–Crippen LogP) is 4.27. The Labute approximate surface area is 146 Å². The molecule has 3 aromatic rings. The number of nitrogens with zero attached hydrogens (tertiary/aromatic N) is 3. The average molecular weight is 359 g/mol. The molecule has 8 heteroatoms. The van der Waals surface area contributed by atoms with Gasteiger partial charge in [0.15, 0.2) is 0 Å². The molecule has 1 N–H and O–H groups in total. The molecule has 0 amide bonds. The minimum atomic E-state index is -4.77. The van der Waals surface area contributed by atoms with Gasteiger partial charge in [0.05, 0.1) is 17.1 Å². The van der Waals surface area contributed by atoms with Crippen molar-refractivity contribution < 1.29 is 23.1 Å². The Hall–Kier alpha value is -3.42. The molecule has 0 saturated carbocycles. The average Bonchev–Trinajstić information content (AvgIpc) is 2.64. The first-order valence-electron chi connectivity index (χ1n) is 7.43. The molecule has 2 aromatic heterocycles. The lowest BCUT2D eigenvalue weighted by Gasteiger charge is -2.10. The SMILES string of the molecule is ON=C(c1ccc(OC(F)(F)F)cc1)c1cccc(-c2ccccn2)n1. The van der Waals surface area contributed by atoms with Gasteiger partial charge in [0.1, 0.15) is 11.5 Å². The van der Waals surface area contributed by atoms with Crippen LogP contribution in [0.25, 0.3) is 11.4 Å². The van der Waals surface area contributed by atoms with Crippen molar-refractivity contribution in [1.82, 2.24) is 9.97 Å². The maximum Gasteiger partial charge on any atom is 0.573 e. The Kier molecular flexibility index (Phi) is 4.83. The molecule has 0 spiro atoms. The second-order valence-corrected chi connectivity index (χ2v) is 5.14. The van der Waals surface area contributed by atoms with Crippen molar-refractivity contribution in [3.63, 3.8) is 0 Å². The summed E-state index contributed by atoms with van der Waals surface area (Å²) < 4.78 is 40.5. The molecule has 1 aromatic carbocycles. The van der Waals surface area contributed by atoms with E-state index in [0.29, 0.717) is 22.6 Å². The molecule has 0 saturated heterocycles. The van der Waals surface area contributed by atoms with Crippen LogP contribution >= 0.6 is 0 Å². The molecule has 0 atom stereocenters. The zero-order valence-electron chi connectivity index (χ0n) is 13.2. The Balaban J connectivity index is 1.90. The van der Waals surface area contributed by atoms with Crippen LogP contribution in [0.3, 0.4) is 0 Å².